The number of piperidine rings is 1. The number of H-pyrrole nitrogens is 1. The Labute approximate surface area is 165 Å². The average Bonchev–Trinajstić information content (AvgIpc) is 3.33. The summed E-state index contributed by atoms with van der Waals surface area (Å²) in [6, 6.07) is 19.6. The Morgan fingerprint density at radius 2 is 1.57 bits per heavy atom. The molecule has 5 nitrogen and oxygen atoms in total. The number of aromatic nitrogens is 3. The normalized spacial score (nSPS) is 18.4. The zero-order valence-corrected chi connectivity index (χ0v) is 16.1. The predicted molar refractivity (Wildman–Crippen MR) is 110 cm³/mol. The smallest absolute Gasteiger partial charge is 0.300 e. The summed E-state index contributed by atoms with van der Waals surface area (Å²) in [7, 11) is 0. The van der Waals surface area contributed by atoms with Crippen LogP contribution in [0, 0.1) is 0 Å². The van der Waals surface area contributed by atoms with E-state index in [9.17, 15) is 4.79 Å². The molecule has 2 heterocycles. The maximum atomic E-state index is 12.3. The first-order valence-corrected chi connectivity index (χ1v) is 10.3. The summed E-state index contributed by atoms with van der Waals surface area (Å²) in [6.45, 7) is 2.75. The van der Waals surface area contributed by atoms with Crippen LogP contribution in [0.1, 0.15) is 41.3 Å². The van der Waals surface area contributed by atoms with E-state index in [0.717, 1.165) is 37.3 Å². The minimum Gasteiger partial charge on any atom is -0.300 e. The highest BCUT2D eigenvalue weighted by Crippen LogP contribution is 2.31. The van der Waals surface area contributed by atoms with Gasteiger partial charge in [-0.2, -0.15) is 5.10 Å². The zero-order valence-electron chi connectivity index (χ0n) is 16.1. The Bertz CT molecular complexity index is 974. The molecule has 5 rings (SSSR count). The van der Waals surface area contributed by atoms with E-state index in [1.54, 1.807) is 0 Å². The first kappa shape index (κ1) is 17.4. The monoisotopic (exact) mass is 374 g/mol. The van der Waals surface area contributed by atoms with Crippen molar-refractivity contribution in [2.45, 2.75) is 44.2 Å². The average molecular weight is 374 g/mol. The summed E-state index contributed by atoms with van der Waals surface area (Å²) in [6.07, 6.45) is 4.46. The number of hydrogen-bond acceptors (Lipinski definition) is 3. The van der Waals surface area contributed by atoms with Crippen molar-refractivity contribution in [1.29, 1.82) is 0 Å². The molecule has 0 spiro atoms. The molecule has 0 amide bonds. The molecule has 1 saturated heterocycles. The summed E-state index contributed by atoms with van der Waals surface area (Å²) >= 11 is 0. The van der Waals surface area contributed by atoms with Crippen LogP contribution < -0.4 is 5.69 Å². The van der Waals surface area contributed by atoms with Crippen molar-refractivity contribution in [2.24, 2.45) is 0 Å². The van der Waals surface area contributed by atoms with Gasteiger partial charge in [-0.3, -0.25) is 9.47 Å². The molecular formula is C23H26N4O. The number of benzene rings is 2. The van der Waals surface area contributed by atoms with Gasteiger partial charge in [0.2, 0.25) is 0 Å². The molecule has 2 aliphatic rings. The molecule has 1 fully saturated rings. The summed E-state index contributed by atoms with van der Waals surface area (Å²) in [5.74, 6) is 1.27. The van der Waals surface area contributed by atoms with E-state index < -0.39 is 0 Å². The third kappa shape index (κ3) is 3.31. The molecule has 0 atom stereocenters. The van der Waals surface area contributed by atoms with Crippen molar-refractivity contribution in [2.75, 3.05) is 13.1 Å². The minimum absolute atomic E-state index is 0.104. The maximum Gasteiger partial charge on any atom is 0.343 e. The van der Waals surface area contributed by atoms with Crippen LogP contribution in [0.25, 0.3) is 0 Å². The van der Waals surface area contributed by atoms with Crippen LogP contribution in [-0.2, 0) is 19.4 Å². The van der Waals surface area contributed by atoms with Crippen molar-refractivity contribution >= 4 is 0 Å². The summed E-state index contributed by atoms with van der Waals surface area (Å²) in [5, 5.41) is 7.07. The van der Waals surface area contributed by atoms with Crippen molar-refractivity contribution in [3.8, 4) is 0 Å². The Balaban J connectivity index is 1.26. The van der Waals surface area contributed by atoms with Crippen LogP contribution in [0.2, 0.25) is 0 Å². The molecule has 5 heteroatoms. The van der Waals surface area contributed by atoms with Crippen molar-refractivity contribution in [1.82, 2.24) is 19.7 Å². The third-order valence-corrected chi connectivity index (χ3v) is 6.41. The van der Waals surface area contributed by atoms with E-state index >= 15 is 0 Å². The van der Waals surface area contributed by atoms with E-state index in [0.29, 0.717) is 18.5 Å². The standard InChI is InChI=1S/C23H26N4O/c28-23-25-24-22(27(23)16-17-6-2-1-3-7-17)18-10-12-26(13-11-18)21-14-19-8-4-5-9-20(19)15-21/h1-9,18,21H,10-16H2,(H,25,28). The topological polar surface area (TPSA) is 53.9 Å². The van der Waals surface area contributed by atoms with Gasteiger partial charge in [0.05, 0.1) is 6.54 Å². The zero-order chi connectivity index (χ0) is 18.9. The van der Waals surface area contributed by atoms with Gasteiger partial charge in [-0.25, -0.2) is 9.89 Å². The predicted octanol–water partition coefficient (Wildman–Crippen LogP) is 2.97. The van der Waals surface area contributed by atoms with Crippen LogP contribution in [0.4, 0.5) is 0 Å². The van der Waals surface area contributed by atoms with Crippen LogP contribution >= 0.6 is 0 Å². The maximum absolute atomic E-state index is 12.3. The van der Waals surface area contributed by atoms with Crippen LogP contribution in [0.5, 0.6) is 0 Å². The third-order valence-electron chi connectivity index (χ3n) is 6.41. The van der Waals surface area contributed by atoms with Crippen molar-refractivity contribution in [3.05, 3.63) is 87.6 Å². The highest BCUT2D eigenvalue weighted by Gasteiger charge is 2.31. The lowest BCUT2D eigenvalue weighted by Gasteiger charge is -2.35. The van der Waals surface area contributed by atoms with Gasteiger partial charge in [0.15, 0.2) is 0 Å². The van der Waals surface area contributed by atoms with Gasteiger partial charge in [0.25, 0.3) is 0 Å². The number of nitrogens with zero attached hydrogens (tertiary/aromatic N) is 3. The molecule has 0 saturated carbocycles. The number of likely N-dealkylation sites (tertiary alicyclic amines) is 1. The van der Waals surface area contributed by atoms with E-state index in [1.165, 1.54) is 24.0 Å². The van der Waals surface area contributed by atoms with Crippen LogP contribution in [0.15, 0.2) is 59.4 Å². The van der Waals surface area contributed by atoms with E-state index in [-0.39, 0.29) is 5.69 Å². The molecule has 0 bridgehead atoms. The van der Waals surface area contributed by atoms with Gasteiger partial charge in [-0.05, 0) is 55.5 Å². The fraction of sp³-hybridized carbons (Fsp3) is 0.391. The Morgan fingerprint density at radius 1 is 0.929 bits per heavy atom. The molecule has 0 unspecified atom stereocenters. The molecule has 1 aliphatic carbocycles. The number of rotatable bonds is 4. The largest absolute Gasteiger partial charge is 0.343 e. The second-order valence-corrected chi connectivity index (χ2v) is 8.10. The molecule has 0 radical (unpaired) electrons. The number of hydrogen-bond donors (Lipinski definition) is 1. The quantitative estimate of drug-likeness (QED) is 0.764. The molecule has 1 aromatic heterocycles. The van der Waals surface area contributed by atoms with Gasteiger partial charge in [-0.1, -0.05) is 54.6 Å². The Kier molecular flexibility index (Phi) is 4.61. The first-order valence-electron chi connectivity index (χ1n) is 10.3. The summed E-state index contributed by atoms with van der Waals surface area (Å²) in [4.78, 5) is 15.0. The minimum atomic E-state index is -0.104. The van der Waals surface area contributed by atoms with Gasteiger partial charge in [0, 0.05) is 12.0 Å². The highest BCUT2D eigenvalue weighted by atomic mass is 16.1. The van der Waals surface area contributed by atoms with Gasteiger partial charge >= 0.3 is 5.69 Å². The van der Waals surface area contributed by atoms with E-state index in [4.69, 9.17) is 0 Å². The van der Waals surface area contributed by atoms with Gasteiger partial charge in [-0.15, -0.1) is 0 Å². The lowest BCUT2D eigenvalue weighted by Crippen LogP contribution is -2.42. The van der Waals surface area contributed by atoms with Crippen molar-refractivity contribution < 1.29 is 0 Å². The fourth-order valence-electron chi connectivity index (χ4n) is 4.88. The molecule has 1 aliphatic heterocycles. The first-order chi connectivity index (χ1) is 13.8. The number of fused-ring (bicyclic) bond motifs is 1. The Hall–Kier alpha value is -2.66. The number of aromatic amines is 1. The molecule has 1 N–H and O–H groups in total. The number of nitrogens with one attached hydrogen (secondary N) is 1. The van der Waals surface area contributed by atoms with Crippen LogP contribution in [0.3, 0.4) is 0 Å². The van der Waals surface area contributed by atoms with Crippen molar-refractivity contribution in [3.63, 3.8) is 0 Å². The fourth-order valence-corrected chi connectivity index (χ4v) is 4.88. The molecule has 3 aromatic rings. The molecule has 144 valence electrons. The van der Waals surface area contributed by atoms with Gasteiger partial charge in [0.1, 0.15) is 5.82 Å². The van der Waals surface area contributed by atoms with Gasteiger partial charge < -0.3 is 0 Å². The van der Waals surface area contributed by atoms with E-state index in [1.807, 2.05) is 22.8 Å². The Morgan fingerprint density at radius 3 is 2.25 bits per heavy atom. The summed E-state index contributed by atoms with van der Waals surface area (Å²) in [5.41, 5.74) is 4.05. The van der Waals surface area contributed by atoms with Crippen LogP contribution in [-0.4, -0.2) is 38.8 Å². The SMILES string of the molecule is O=c1[nH]nc(C2CCN(C3Cc4ccccc4C3)CC2)n1Cc1ccccc1. The second-order valence-electron chi connectivity index (χ2n) is 8.10. The lowest BCUT2D eigenvalue weighted by molar-refractivity contribution is 0.153. The second kappa shape index (κ2) is 7.40. The lowest BCUT2D eigenvalue weighted by atomic mass is 9.94. The molecular weight excluding hydrogens is 348 g/mol. The summed E-state index contributed by atoms with van der Waals surface area (Å²) < 4.78 is 1.82. The van der Waals surface area contributed by atoms with E-state index in [2.05, 4.69) is 51.5 Å². The highest BCUT2D eigenvalue weighted by molar-refractivity contribution is 5.33. The molecule has 2 aromatic carbocycles. The molecule has 28 heavy (non-hydrogen) atoms.